The lowest BCUT2D eigenvalue weighted by molar-refractivity contribution is -0.136. The number of hydrogen-bond donors (Lipinski definition) is 0. The lowest BCUT2D eigenvalue weighted by Crippen LogP contribution is -2.44. The number of benzene rings is 2. The predicted octanol–water partition coefficient (Wildman–Crippen LogP) is 3.30. The Morgan fingerprint density at radius 3 is 2.74 bits per heavy atom. The second-order valence-corrected chi connectivity index (χ2v) is 9.33. The average Bonchev–Trinajstić information content (AvgIpc) is 3.30. The molecule has 38 heavy (non-hydrogen) atoms. The molecule has 1 fully saturated rings. The number of aliphatic imine (C=N–C) groups is 1. The fourth-order valence-electron chi connectivity index (χ4n) is 4.52. The topological polar surface area (TPSA) is 110 Å². The molecular weight excluding hydrogens is 520 g/mol. The average molecular weight is 542 g/mol. The molecule has 0 atom stereocenters. The molecule has 3 heterocycles. The van der Waals surface area contributed by atoms with Crippen molar-refractivity contribution in [2.24, 2.45) is 4.99 Å². The largest absolute Gasteiger partial charge is 0.486 e. The van der Waals surface area contributed by atoms with E-state index in [9.17, 15) is 23.6 Å². The number of nitriles is 1. The van der Waals surface area contributed by atoms with Crippen molar-refractivity contribution in [2.45, 2.75) is 25.8 Å². The Morgan fingerprint density at radius 1 is 1.21 bits per heavy atom. The van der Waals surface area contributed by atoms with Crippen LogP contribution in [0.25, 0.3) is 10.8 Å². The molecule has 2 aliphatic heterocycles. The quantitative estimate of drug-likeness (QED) is 0.454. The van der Waals surface area contributed by atoms with E-state index in [1.165, 1.54) is 6.07 Å². The number of rotatable bonds is 7. The van der Waals surface area contributed by atoms with Gasteiger partial charge < -0.3 is 14.4 Å². The molecule has 1 saturated heterocycles. The molecule has 0 N–H and O–H groups in total. The molecule has 3 aromatic rings. The zero-order valence-electron chi connectivity index (χ0n) is 20.1. The van der Waals surface area contributed by atoms with Gasteiger partial charge in [-0.1, -0.05) is 17.7 Å². The van der Waals surface area contributed by atoms with Crippen LogP contribution in [0.4, 0.5) is 14.5 Å². The fourth-order valence-corrected chi connectivity index (χ4v) is 4.74. The lowest BCUT2D eigenvalue weighted by Gasteiger charge is -2.27. The summed E-state index contributed by atoms with van der Waals surface area (Å²) in [6.07, 6.45) is -1.96. The van der Waals surface area contributed by atoms with Gasteiger partial charge in [0.15, 0.2) is 0 Å². The Balaban J connectivity index is 1.46. The summed E-state index contributed by atoms with van der Waals surface area (Å²) >= 11 is 6.20. The minimum absolute atomic E-state index is 0.157. The van der Waals surface area contributed by atoms with Crippen LogP contribution in [0.5, 0.6) is 5.75 Å². The van der Waals surface area contributed by atoms with Crippen molar-refractivity contribution in [1.29, 1.82) is 5.26 Å². The number of carbonyl (C=O) groups excluding carboxylic acids is 1. The number of morpholine rings is 1. The van der Waals surface area contributed by atoms with Gasteiger partial charge in [0, 0.05) is 37.0 Å². The van der Waals surface area contributed by atoms with E-state index in [0.29, 0.717) is 60.8 Å². The van der Waals surface area contributed by atoms with Crippen LogP contribution in [-0.4, -0.2) is 65.6 Å². The molecule has 1 aromatic heterocycles. The highest BCUT2D eigenvalue weighted by atomic mass is 35.5. The number of ether oxygens (including phenoxy) is 2. The van der Waals surface area contributed by atoms with Crippen molar-refractivity contribution < 1.29 is 23.0 Å². The molecule has 12 heteroatoms. The molecule has 0 saturated carbocycles. The van der Waals surface area contributed by atoms with E-state index in [0.717, 1.165) is 10.2 Å². The van der Waals surface area contributed by atoms with Crippen LogP contribution in [0, 0.1) is 11.3 Å². The van der Waals surface area contributed by atoms with Gasteiger partial charge >= 0.3 is 0 Å². The first-order valence-corrected chi connectivity index (χ1v) is 12.3. The Labute approximate surface area is 220 Å². The molecule has 2 aliphatic rings. The van der Waals surface area contributed by atoms with Gasteiger partial charge in [-0.15, -0.1) is 0 Å². The van der Waals surface area contributed by atoms with Crippen LogP contribution in [0.2, 0.25) is 5.02 Å². The van der Waals surface area contributed by atoms with Crippen molar-refractivity contribution in [3.05, 3.63) is 62.5 Å². The first-order valence-electron chi connectivity index (χ1n) is 11.9. The van der Waals surface area contributed by atoms with Crippen molar-refractivity contribution in [3.8, 4) is 11.8 Å². The molecule has 9 nitrogen and oxygen atoms in total. The number of alkyl halides is 2. The fraction of sp³-hybridized carbons (Fsp3) is 0.346. The van der Waals surface area contributed by atoms with E-state index in [2.05, 4.69) is 10.1 Å². The first-order chi connectivity index (χ1) is 18.3. The minimum Gasteiger partial charge on any atom is -0.486 e. The van der Waals surface area contributed by atoms with Crippen LogP contribution in [0.3, 0.4) is 0 Å². The summed E-state index contributed by atoms with van der Waals surface area (Å²) in [5.41, 5.74) is 2.44. The van der Waals surface area contributed by atoms with Gasteiger partial charge in [0.05, 0.1) is 46.6 Å². The number of hydrogen-bond acceptors (Lipinski definition) is 7. The molecule has 0 bridgehead atoms. The van der Waals surface area contributed by atoms with Crippen LogP contribution >= 0.6 is 11.6 Å². The second-order valence-electron chi connectivity index (χ2n) is 8.92. The van der Waals surface area contributed by atoms with Gasteiger partial charge in [0.1, 0.15) is 18.9 Å². The molecule has 0 spiro atoms. The summed E-state index contributed by atoms with van der Waals surface area (Å²) in [4.78, 5) is 32.4. The molecule has 196 valence electrons. The number of carbonyl (C=O) groups is 1. The van der Waals surface area contributed by atoms with Crippen LogP contribution in [0.15, 0.2) is 40.1 Å². The molecule has 0 unspecified atom stereocenters. The summed E-state index contributed by atoms with van der Waals surface area (Å²) in [6, 6.07) is 9.97. The smallest absolute Gasteiger partial charge is 0.275 e. The zero-order valence-corrected chi connectivity index (χ0v) is 20.9. The third-order valence-electron chi connectivity index (χ3n) is 6.36. The Kier molecular flexibility index (Phi) is 7.35. The van der Waals surface area contributed by atoms with Crippen LogP contribution in [-0.2, 0) is 28.9 Å². The summed E-state index contributed by atoms with van der Waals surface area (Å²) in [6.45, 7) is 0.730. The van der Waals surface area contributed by atoms with Gasteiger partial charge in [-0.25, -0.2) is 13.5 Å². The summed E-state index contributed by atoms with van der Waals surface area (Å²) < 4.78 is 36.7. The first kappa shape index (κ1) is 25.8. The SMILES string of the molecule is N#Cc1ccc2c(CC3=Nc4cc(Cl)c(OCC(F)F)cc4C3)nn(CC(=O)N3CCOCC3)c(=O)c2c1. The lowest BCUT2D eigenvalue weighted by atomic mass is 10.0. The number of amides is 1. The van der Waals surface area contributed by atoms with E-state index in [1.807, 2.05) is 6.07 Å². The van der Waals surface area contributed by atoms with E-state index in [1.54, 1.807) is 29.2 Å². The molecular formula is C26H22ClF2N5O4. The summed E-state index contributed by atoms with van der Waals surface area (Å²) in [5.74, 6) is -0.0915. The molecule has 5 rings (SSSR count). The van der Waals surface area contributed by atoms with Crippen molar-refractivity contribution in [3.63, 3.8) is 0 Å². The normalized spacial score (nSPS) is 14.9. The Hall–Kier alpha value is -3.88. The van der Waals surface area contributed by atoms with Crippen molar-refractivity contribution in [1.82, 2.24) is 14.7 Å². The van der Waals surface area contributed by atoms with Crippen LogP contribution < -0.4 is 10.3 Å². The van der Waals surface area contributed by atoms with E-state index in [-0.39, 0.29) is 35.0 Å². The zero-order chi connectivity index (χ0) is 26.8. The Bertz CT molecular complexity index is 1540. The molecule has 1 amide bonds. The van der Waals surface area contributed by atoms with Crippen molar-refractivity contribution >= 4 is 39.7 Å². The number of halogens is 3. The maximum atomic E-state index is 13.3. The maximum Gasteiger partial charge on any atom is 0.275 e. The third-order valence-corrected chi connectivity index (χ3v) is 6.65. The molecule has 0 radical (unpaired) electrons. The van der Waals surface area contributed by atoms with Gasteiger partial charge in [-0.05, 0) is 29.8 Å². The predicted molar refractivity (Wildman–Crippen MR) is 136 cm³/mol. The van der Waals surface area contributed by atoms with E-state index < -0.39 is 18.6 Å². The summed E-state index contributed by atoms with van der Waals surface area (Å²) in [7, 11) is 0. The van der Waals surface area contributed by atoms with Crippen LogP contribution in [0.1, 0.15) is 16.8 Å². The van der Waals surface area contributed by atoms with Crippen molar-refractivity contribution in [2.75, 3.05) is 32.9 Å². The highest BCUT2D eigenvalue weighted by molar-refractivity contribution is 6.32. The number of nitrogens with zero attached hydrogens (tertiary/aromatic N) is 5. The van der Waals surface area contributed by atoms with E-state index >= 15 is 0 Å². The Morgan fingerprint density at radius 2 is 2.00 bits per heavy atom. The highest BCUT2D eigenvalue weighted by Gasteiger charge is 2.23. The second kappa shape index (κ2) is 10.8. The number of aromatic nitrogens is 2. The standard InChI is InChI=1S/C26H22ClF2N5O4/c27-20-11-21-16(9-23(20)38-14-24(28)29)8-17(31-21)10-22-18-2-1-15(12-30)7-19(18)26(36)34(32-22)13-25(35)33-3-5-37-6-4-33/h1-2,7,9,11,24H,3-6,8,10,13-14H2. The van der Waals surface area contributed by atoms with Gasteiger partial charge in [-0.3, -0.25) is 14.6 Å². The number of fused-ring (bicyclic) bond motifs is 2. The summed E-state index contributed by atoms with van der Waals surface area (Å²) in [5, 5.41) is 14.9. The van der Waals surface area contributed by atoms with Gasteiger partial charge in [0.2, 0.25) is 5.91 Å². The van der Waals surface area contributed by atoms with E-state index in [4.69, 9.17) is 21.1 Å². The van der Waals surface area contributed by atoms with Gasteiger partial charge in [0.25, 0.3) is 12.0 Å². The molecule has 2 aromatic carbocycles. The van der Waals surface area contributed by atoms with Gasteiger partial charge in [-0.2, -0.15) is 10.4 Å². The third kappa shape index (κ3) is 5.37. The monoisotopic (exact) mass is 541 g/mol. The minimum atomic E-state index is -2.63. The highest BCUT2D eigenvalue weighted by Crippen LogP contribution is 2.37. The maximum absolute atomic E-state index is 13.3. The molecule has 0 aliphatic carbocycles.